The van der Waals surface area contributed by atoms with E-state index in [0.717, 1.165) is 29.4 Å². The molecule has 1 saturated carbocycles. The lowest BCUT2D eigenvalue weighted by atomic mass is 9.71. The number of aromatic nitrogens is 2. The Balaban J connectivity index is 2.03. The summed E-state index contributed by atoms with van der Waals surface area (Å²) in [6.45, 7) is 9.11. The highest BCUT2D eigenvalue weighted by molar-refractivity contribution is 5.55. The molecule has 0 radical (unpaired) electrons. The second-order valence-electron chi connectivity index (χ2n) is 7.10. The van der Waals surface area contributed by atoms with E-state index < -0.39 is 0 Å². The van der Waals surface area contributed by atoms with Gasteiger partial charge in [-0.25, -0.2) is 9.97 Å². The predicted octanol–water partition coefficient (Wildman–Crippen LogP) is 4.04. The van der Waals surface area contributed by atoms with Gasteiger partial charge >= 0.3 is 0 Å². The van der Waals surface area contributed by atoms with Crippen LogP contribution in [-0.2, 0) is 6.42 Å². The van der Waals surface area contributed by atoms with Crippen molar-refractivity contribution in [3.8, 4) is 12.3 Å². The number of terminal acetylenes is 1. The summed E-state index contributed by atoms with van der Waals surface area (Å²) in [6, 6.07) is 0.482. The van der Waals surface area contributed by atoms with E-state index in [2.05, 4.69) is 48.9 Å². The average Bonchev–Trinajstić information content (AvgIpc) is 2.46. The molecule has 2 rings (SSSR count). The van der Waals surface area contributed by atoms with Crippen molar-refractivity contribution in [2.75, 3.05) is 5.32 Å². The first-order valence-corrected chi connectivity index (χ1v) is 8.02. The van der Waals surface area contributed by atoms with E-state index in [1.807, 2.05) is 0 Å². The largest absolute Gasteiger partial charge is 0.366 e. The molecular formula is C18H27N3. The van der Waals surface area contributed by atoms with Gasteiger partial charge in [0.1, 0.15) is 12.1 Å². The van der Waals surface area contributed by atoms with Crippen molar-refractivity contribution in [1.29, 1.82) is 0 Å². The lowest BCUT2D eigenvalue weighted by Crippen LogP contribution is -2.32. The van der Waals surface area contributed by atoms with Gasteiger partial charge in [-0.2, -0.15) is 0 Å². The van der Waals surface area contributed by atoms with Gasteiger partial charge in [0.25, 0.3) is 0 Å². The molecule has 1 fully saturated rings. The van der Waals surface area contributed by atoms with E-state index in [4.69, 9.17) is 6.42 Å². The van der Waals surface area contributed by atoms with Gasteiger partial charge in [0.05, 0.1) is 11.3 Å². The van der Waals surface area contributed by atoms with Crippen LogP contribution in [0.2, 0.25) is 0 Å². The fourth-order valence-corrected chi connectivity index (χ4v) is 3.25. The van der Waals surface area contributed by atoms with Crippen LogP contribution < -0.4 is 5.32 Å². The summed E-state index contributed by atoms with van der Waals surface area (Å²) in [5.41, 5.74) is 2.20. The SMILES string of the molecule is C#Cc1c(CC)ncnc1N[C@H]1CC[C@@H](C(C)(C)C)CC1. The molecule has 0 amide bonds. The Labute approximate surface area is 129 Å². The summed E-state index contributed by atoms with van der Waals surface area (Å²) in [5, 5.41) is 3.55. The summed E-state index contributed by atoms with van der Waals surface area (Å²) in [4.78, 5) is 8.63. The quantitative estimate of drug-likeness (QED) is 0.852. The van der Waals surface area contributed by atoms with Gasteiger partial charge in [-0.05, 0) is 43.4 Å². The van der Waals surface area contributed by atoms with E-state index in [1.54, 1.807) is 6.33 Å². The smallest absolute Gasteiger partial charge is 0.145 e. The first-order chi connectivity index (χ1) is 9.95. The minimum atomic E-state index is 0.416. The third-order valence-electron chi connectivity index (χ3n) is 4.70. The molecule has 0 unspecified atom stereocenters. The van der Waals surface area contributed by atoms with Gasteiger partial charge in [0.15, 0.2) is 0 Å². The second kappa shape index (κ2) is 6.47. The van der Waals surface area contributed by atoms with E-state index in [0.29, 0.717) is 11.5 Å². The van der Waals surface area contributed by atoms with Gasteiger partial charge in [0, 0.05) is 6.04 Å². The molecule has 0 bridgehead atoms. The molecule has 0 aliphatic heterocycles. The van der Waals surface area contributed by atoms with Crippen LogP contribution in [0.25, 0.3) is 0 Å². The minimum absolute atomic E-state index is 0.416. The summed E-state index contributed by atoms with van der Waals surface area (Å²) in [6.07, 6.45) is 13.0. The molecule has 3 nitrogen and oxygen atoms in total. The summed E-state index contributed by atoms with van der Waals surface area (Å²) in [7, 11) is 0. The van der Waals surface area contributed by atoms with Crippen molar-refractivity contribution in [2.24, 2.45) is 11.3 Å². The Bertz CT molecular complexity index is 514. The van der Waals surface area contributed by atoms with Crippen LogP contribution in [0.4, 0.5) is 5.82 Å². The van der Waals surface area contributed by atoms with Crippen LogP contribution >= 0.6 is 0 Å². The Morgan fingerprint density at radius 1 is 1.24 bits per heavy atom. The molecule has 0 saturated heterocycles. The van der Waals surface area contributed by atoms with Crippen molar-refractivity contribution >= 4 is 5.82 Å². The Hall–Kier alpha value is -1.56. The van der Waals surface area contributed by atoms with E-state index >= 15 is 0 Å². The van der Waals surface area contributed by atoms with Gasteiger partial charge < -0.3 is 5.32 Å². The fourth-order valence-electron chi connectivity index (χ4n) is 3.25. The number of nitrogens with one attached hydrogen (secondary N) is 1. The zero-order valence-corrected chi connectivity index (χ0v) is 13.7. The molecular weight excluding hydrogens is 258 g/mol. The van der Waals surface area contributed by atoms with Gasteiger partial charge in [-0.15, -0.1) is 6.42 Å². The zero-order chi connectivity index (χ0) is 15.5. The summed E-state index contributed by atoms with van der Waals surface area (Å²) >= 11 is 0. The highest BCUT2D eigenvalue weighted by Crippen LogP contribution is 2.38. The highest BCUT2D eigenvalue weighted by atomic mass is 15.0. The maximum Gasteiger partial charge on any atom is 0.145 e. The first kappa shape index (κ1) is 15.8. The molecule has 0 spiro atoms. The van der Waals surface area contributed by atoms with Crippen LogP contribution in [-0.4, -0.2) is 16.0 Å². The van der Waals surface area contributed by atoms with Crippen molar-refractivity contribution in [1.82, 2.24) is 9.97 Å². The third kappa shape index (κ3) is 3.75. The maximum atomic E-state index is 5.64. The molecule has 1 aliphatic carbocycles. The lowest BCUT2D eigenvalue weighted by Gasteiger charge is -2.37. The number of aryl methyl sites for hydroxylation is 1. The number of anilines is 1. The van der Waals surface area contributed by atoms with Gasteiger partial charge in [0.2, 0.25) is 0 Å². The second-order valence-corrected chi connectivity index (χ2v) is 7.10. The molecule has 21 heavy (non-hydrogen) atoms. The molecule has 3 heteroatoms. The summed E-state index contributed by atoms with van der Waals surface area (Å²) < 4.78 is 0. The first-order valence-electron chi connectivity index (χ1n) is 8.02. The van der Waals surface area contributed by atoms with Crippen LogP contribution in [0.15, 0.2) is 6.33 Å². The van der Waals surface area contributed by atoms with Crippen molar-refractivity contribution in [2.45, 2.75) is 65.8 Å². The fraction of sp³-hybridized carbons (Fsp3) is 0.667. The van der Waals surface area contributed by atoms with Crippen molar-refractivity contribution in [3.05, 3.63) is 17.6 Å². The molecule has 0 aromatic carbocycles. The number of nitrogens with zero attached hydrogens (tertiary/aromatic N) is 2. The molecule has 1 aromatic rings. The average molecular weight is 285 g/mol. The molecule has 1 aliphatic rings. The molecule has 0 atom stereocenters. The lowest BCUT2D eigenvalue weighted by molar-refractivity contribution is 0.173. The van der Waals surface area contributed by atoms with E-state index in [1.165, 1.54) is 25.7 Å². The standard InChI is InChI=1S/C18H27N3/c1-6-15-16(7-2)19-12-20-17(15)21-14-10-8-13(9-11-14)18(3,4)5/h1,12-14H,7-11H2,2-5H3,(H,19,20,21)/t13-,14+. The van der Waals surface area contributed by atoms with Gasteiger partial charge in [-0.1, -0.05) is 33.6 Å². The van der Waals surface area contributed by atoms with Crippen molar-refractivity contribution < 1.29 is 0 Å². The molecule has 114 valence electrons. The van der Waals surface area contributed by atoms with Crippen LogP contribution in [0.1, 0.15) is 64.6 Å². The maximum absolute atomic E-state index is 5.64. The Morgan fingerprint density at radius 2 is 1.90 bits per heavy atom. The van der Waals surface area contributed by atoms with Crippen LogP contribution in [0, 0.1) is 23.7 Å². The molecule has 1 heterocycles. The van der Waals surface area contributed by atoms with Crippen molar-refractivity contribution in [3.63, 3.8) is 0 Å². The van der Waals surface area contributed by atoms with E-state index in [-0.39, 0.29) is 0 Å². The summed E-state index contributed by atoms with van der Waals surface area (Å²) in [5.74, 6) is 4.41. The Morgan fingerprint density at radius 3 is 2.43 bits per heavy atom. The highest BCUT2D eigenvalue weighted by Gasteiger charge is 2.30. The number of hydrogen-bond donors (Lipinski definition) is 1. The normalized spacial score (nSPS) is 22.6. The monoisotopic (exact) mass is 285 g/mol. The Kier molecular flexibility index (Phi) is 4.88. The number of hydrogen-bond acceptors (Lipinski definition) is 3. The topological polar surface area (TPSA) is 37.8 Å². The van der Waals surface area contributed by atoms with Crippen LogP contribution in [0.5, 0.6) is 0 Å². The molecule has 1 aromatic heterocycles. The predicted molar refractivity (Wildman–Crippen MR) is 88.2 cm³/mol. The zero-order valence-electron chi connectivity index (χ0n) is 13.7. The third-order valence-corrected chi connectivity index (χ3v) is 4.70. The molecule has 1 N–H and O–H groups in total. The van der Waals surface area contributed by atoms with Gasteiger partial charge in [-0.3, -0.25) is 0 Å². The van der Waals surface area contributed by atoms with E-state index in [9.17, 15) is 0 Å². The minimum Gasteiger partial charge on any atom is -0.366 e. The van der Waals surface area contributed by atoms with Crippen LogP contribution in [0.3, 0.4) is 0 Å². The number of rotatable bonds is 3.